The van der Waals surface area contributed by atoms with Crippen LogP contribution < -0.4 is 5.32 Å². The maximum Gasteiger partial charge on any atom is 0.157 e. The van der Waals surface area contributed by atoms with Gasteiger partial charge < -0.3 is 5.32 Å². The summed E-state index contributed by atoms with van der Waals surface area (Å²) in [7, 11) is 0. The number of halogens is 1. The van der Waals surface area contributed by atoms with Crippen LogP contribution >= 0.6 is 15.9 Å². The second-order valence-corrected chi connectivity index (χ2v) is 4.39. The van der Waals surface area contributed by atoms with Gasteiger partial charge in [-0.2, -0.15) is 5.10 Å². The van der Waals surface area contributed by atoms with Gasteiger partial charge in [0.25, 0.3) is 0 Å². The van der Waals surface area contributed by atoms with E-state index in [1.807, 2.05) is 22.8 Å². The molecule has 2 aromatic heterocycles. The molecule has 3 heterocycles. The van der Waals surface area contributed by atoms with E-state index in [2.05, 4.69) is 31.3 Å². The third-order valence-corrected chi connectivity index (χ3v) is 2.96. The number of pyridine rings is 1. The predicted molar refractivity (Wildman–Crippen MR) is 56.3 cm³/mol. The maximum atomic E-state index is 4.48. The van der Waals surface area contributed by atoms with Crippen molar-refractivity contribution in [2.45, 2.75) is 5.92 Å². The highest BCUT2D eigenvalue weighted by Gasteiger charge is 2.23. The molecule has 0 spiro atoms. The first-order valence-electron chi connectivity index (χ1n) is 4.55. The quantitative estimate of drug-likeness (QED) is 0.829. The van der Waals surface area contributed by atoms with Crippen LogP contribution in [0.5, 0.6) is 0 Å². The molecule has 0 unspecified atom stereocenters. The Morgan fingerprint density at radius 1 is 1.50 bits per heavy atom. The fourth-order valence-electron chi connectivity index (χ4n) is 1.52. The third-order valence-electron chi connectivity index (χ3n) is 2.46. The molecule has 72 valence electrons. The smallest absolute Gasteiger partial charge is 0.157 e. The summed E-state index contributed by atoms with van der Waals surface area (Å²) in [6.45, 7) is 2.00. The van der Waals surface area contributed by atoms with Crippen molar-refractivity contribution in [3.63, 3.8) is 0 Å². The SMILES string of the molecule is Brc1ccn2nc(C3CNC3)nc2c1. The minimum Gasteiger partial charge on any atom is -0.315 e. The van der Waals surface area contributed by atoms with Crippen LogP contribution in [-0.2, 0) is 0 Å². The lowest BCUT2D eigenvalue weighted by molar-refractivity contribution is 0.430. The first-order valence-corrected chi connectivity index (χ1v) is 5.35. The molecule has 0 aromatic carbocycles. The summed E-state index contributed by atoms with van der Waals surface area (Å²) in [4.78, 5) is 4.48. The van der Waals surface area contributed by atoms with Gasteiger partial charge in [-0.15, -0.1) is 0 Å². The van der Waals surface area contributed by atoms with Crippen LogP contribution in [0, 0.1) is 0 Å². The molecule has 1 saturated heterocycles. The van der Waals surface area contributed by atoms with E-state index in [0.717, 1.165) is 29.0 Å². The van der Waals surface area contributed by atoms with Crippen molar-refractivity contribution in [2.75, 3.05) is 13.1 Å². The van der Waals surface area contributed by atoms with Crippen molar-refractivity contribution in [1.82, 2.24) is 19.9 Å². The third kappa shape index (κ3) is 1.24. The zero-order valence-corrected chi connectivity index (χ0v) is 9.03. The van der Waals surface area contributed by atoms with Gasteiger partial charge in [0.2, 0.25) is 0 Å². The van der Waals surface area contributed by atoms with Crippen LogP contribution in [0.1, 0.15) is 11.7 Å². The van der Waals surface area contributed by atoms with Crippen molar-refractivity contribution in [3.8, 4) is 0 Å². The monoisotopic (exact) mass is 252 g/mol. The van der Waals surface area contributed by atoms with E-state index in [9.17, 15) is 0 Å². The van der Waals surface area contributed by atoms with Gasteiger partial charge in [-0.1, -0.05) is 15.9 Å². The summed E-state index contributed by atoms with van der Waals surface area (Å²) in [6, 6.07) is 3.94. The Balaban J connectivity index is 2.10. The normalized spacial score (nSPS) is 17.2. The molecule has 2 aromatic rings. The van der Waals surface area contributed by atoms with Crippen molar-refractivity contribution in [3.05, 3.63) is 28.6 Å². The molecule has 0 amide bonds. The van der Waals surface area contributed by atoms with E-state index in [1.54, 1.807) is 0 Å². The molecule has 5 heteroatoms. The van der Waals surface area contributed by atoms with Crippen molar-refractivity contribution in [2.24, 2.45) is 0 Å². The average Bonchev–Trinajstić information content (AvgIpc) is 2.43. The molecule has 0 atom stereocenters. The first kappa shape index (κ1) is 8.38. The summed E-state index contributed by atoms with van der Waals surface area (Å²) < 4.78 is 2.86. The van der Waals surface area contributed by atoms with Crippen LogP contribution in [0.4, 0.5) is 0 Å². The summed E-state index contributed by atoms with van der Waals surface area (Å²) in [5.74, 6) is 1.44. The lowest BCUT2D eigenvalue weighted by Gasteiger charge is -2.23. The zero-order chi connectivity index (χ0) is 9.54. The van der Waals surface area contributed by atoms with E-state index in [-0.39, 0.29) is 0 Å². The molecular weight excluding hydrogens is 244 g/mol. The minimum absolute atomic E-state index is 0.494. The number of nitrogens with zero attached hydrogens (tertiary/aromatic N) is 3. The summed E-state index contributed by atoms with van der Waals surface area (Å²) in [6.07, 6.45) is 1.92. The van der Waals surface area contributed by atoms with E-state index in [4.69, 9.17) is 0 Å². The Morgan fingerprint density at radius 3 is 3.07 bits per heavy atom. The number of rotatable bonds is 1. The van der Waals surface area contributed by atoms with E-state index in [1.165, 1.54) is 0 Å². The molecule has 1 aliphatic rings. The lowest BCUT2D eigenvalue weighted by atomic mass is 10.0. The van der Waals surface area contributed by atoms with Crippen LogP contribution in [0.3, 0.4) is 0 Å². The highest BCUT2D eigenvalue weighted by molar-refractivity contribution is 9.10. The molecule has 1 fully saturated rings. The van der Waals surface area contributed by atoms with Gasteiger partial charge in [0, 0.05) is 29.7 Å². The highest BCUT2D eigenvalue weighted by Crippen LogP contribution is 2.18. The minimum atomic E-state index is 0.494. The van der Waals surface area contributed by atoms with Crippen molar-refractivity contribution in [1.29, 1.82) is 0 Å². The fraction of sp³-hybridized carbons (Fsp3) is 0.333. The molecule has 14 heavy (non-hydrogen) atoms. The first-order chi connectivity index (χ1) is 6.83. The van der Waals surface area contributed by atoms with Gasteiger partial charge in [-0.25, -0.2) is 9.50 Å². The van der Waals surface area contributed by atoms with Gasteiger partial charge in [0.15, 0.2) is 11.5 Å². The Morgan fingerprint density at radius 2 is 2.36 bits per heavy atom. The van der Waals surface area contributed by atoms with Crippen LogP contribution in [-0.4, -0.2) is 27.7 Å². The summed E-state index contributed by atoms with van der Waals surface area (Å²) in [5, 5.41) is 7.64. The summed E-state index contributed by atoms with van der Waals surface area (Å²) in [5.41, 5.74) is 0.904. The lowest BCUT2D eigenvalue weighted by Crippen LogP contribution is -2.40. The molecule has 0 aliphatic carbocycles. The van der Waals surface area contributed by atoms with E-state index < -0.39 is 0 Å². The molecule has 4 nitrogen and oxygen atoms in total. The highest BCUT2D eigenvalue weighted by atomic mass is 79.9. The number of hydrogen-bond acceptors (Lipinski definition) is 3. The molecule has 0 bridgehead atoms. The number of nitrogens with one attached hydrogen (secondary N) is 1. The van der Waals surface area contributed by atoms with Crippen LogP contribution in [0.2, 0.25) is 0 Å². The zero-order valence-electron chi connectivity index (χ0n) is 7.44. The molecule has 3 rings (SSSR count). The number of fused-ring (bicyclic) bond motifs is 1. The van der Waals surface area contributed by atoms with Gasteiger partial charge in [0.1, 0.15) is 0 Å². The Kier molecular flexibility index (Phi) is 1.81. The standard InChI is InChI=1S/C9H9BrN4/c10-7-1-2-14-8(3-7)12-9(13-14)6-4-11-5-6/h1-3,6,11H,4-5H2. The van der Waals surface area contributed by atoms with Crippen molar-refractivity contribution < 1.29 is 0 Å². The molecule has 0 saturated carbocycles. The predicted octanol–water partition coefficient (Wildman–Crippen LogP) is 1.18. The number of hydrogen-bond donors (Lipinski definition) is 1. The fourth-order valence-corrected chi connectivity index (χ4v) is 1.84. The molecule has 1 N–H and O–H groups in total. The number of aromatic nitrogens is 3. The topological polar surface area (TPSA) is 42.2 Å². The second-order valence-electron chi connectivity index (χ2n) is 3.47. The van der Waals surface area contributed by atoms with Gasteiger partial charge in [-0.3, -0.25) is 0 Å². The van der Waals surface area contributed by atoms with Gasteiger partial charge in [0.05, 0.1) is 0 Å². The van der Waals surface area contributed by atoms with E-state index >= 15 is 0 Å². The largest absolute Gasteiger partial charge is 0.315 e. The van der Waals surface area contributed by atoms with Gasteiger partial charge in [-0.05, 0) is 12.1 Å². The second kappa shape index (κ2) is 3.03. The van der Waals surface area contributed by atoms with Crippen LogP contribution in [0.25, 0.3) is 5.65 Å². The van der Waals surface area contributed by atoms with E-state index in [0.29, 0.717) is 5.92 Å². The molecule has 1 aliphatic heterocycles. The maximum absolute atomic E-state index is 4.48. The Labute approximate surface area is 89.5 Å². The molecular formula is C9H9BrN4. The van der Waals surface area contributed by atoms with Gasteiger partial charge >= 0.3 is 0 Å². The molecule has 0 radical (unpaired) electrons. The Bertz CT molecular complexity index is 475. The Hall–Kier alpha value is -0.940. The summed E-state index contributed by atoms with van der Waals surface area (Å²) >= 11 is 3.42. The van der Waals surface area contributed by atoms with Crippen molar-refractivity contribution >= 4 is 21.6 Å². The van der Waals surface area contributed by atoms with Crippen LogP contribution in [0.15, 0.2) is 22.8 Å². The average molecular weight is 253 g/mol.